The first-order chi connectivity index (χ1) is 11.5. The van der Waals surface area contributed by atoms with Gasteiger partial charge in [-0.3, -0.25) is 4.79 Å². The molecule has 130 valence electrons. The molecular formula is C21H28ClNO. The Kier molecular flexibility index (Phi) is 7.11. The number of carbonyl (C=O) groups excluding carboxylic acids is 1. The smallest absolute Gasteiger partial charge is 0.222 e. The Hall–Kier alpha value is -1.54. The third-order valence-electron chi connectivity index (χ3n) is 4.49. The van der Waals surface area contributed by atoms with Crippen molar-refractivity contribution < 1.29 is 4.79 Å². The highest BCUT2D eigenvalue weighted by molar-refractivity contribution is 6.30. The summed E-state index contributed by atoms with van der Waals surface area (Å²) in [5.41, 5.74) is 2.46. The van der Waals surface area contributed by atoms with Crippen LogP contribution >= 0.6 is 11.6 Å². The van der Waals surface area contributed by atoms with E-state index < -0.39 is 0 Å². The van der Waals surface area contributed by atoms with Crippen molar-refractivity contribution in [2.45, 2.75) is 46.6 Å². The first-order valence-corrected chi connectivity index (χ1v) is 9.26. The molecule has 0 aliphatic heterocycles. The van der Waals surface area contributed by atoms with Crippen LogP contribution < -0.4 is 0 Å². The van der Waals surface area contributed by atoms with Crippen molar-refractivity contribution in [2.24, 2.45) is 11.8 Å². The maximum absolute atomic E-state index is 12.3. The summed E-state index contributed by atoms with van der Waals surface area (Å²) in [7, 11) is 0. The Morgan fingerprint density at radius 1 is 1.21 bits per heavy atom. The molecule has 1 aromatic carbocycles. The van der Waals surface area contributed by atoms with Gasteiger partial charge < -0.3 is 4.90 Å². The molecule has 0 saturated heterocycles. The highest BCUT2D eigenvalue weighted by atomic mass is 35.5. The number of rotatable bonds is 6. The maximum atomic E-state index is 12.3. The van der Waals surface area contributed by atoms with Crippen LogP contribution in [-0.4, -0.2) is 17.4 Å². The van der Waals surface area contributed by atoms with Crippen molar-refractivity contribution in [1.82, 2.24) is 4.90 Å². The van der Waals surface area contributed by atoms with Gasteiger partial charge in [0.2, 0.25) is 5.91 Å². The number of benzene rings is 1. The molecule has 0 saturated carbocycles. The van der Waals surface area contributed by atoms with Crippen molar-refractivity contribution in [3.8, 4) is 0 Å². The van der Waals surface area contributed by atoms with Crippen LogP contribution in [0, 0.1) is 11.8 Å². The SMILES string of the molecule is CCC(=O)N(CCC1=CC(C)CC(C)C=C1)Cc1ccc(Cl)cc1. The molecule has 2 unspecified atom stereocenters. The normalized spacial score (nSPS) is 20.4. The van der Waals surface area contributed by atoms with Crippen molar-refractivity contribution in [3.63, 3.8) is 0 Å². The largest absolute Gasteiger partial charge is 0.338 e. The molecule has 1 amide bonds. The number of halogens is 1. The monoisotopic (exact) mass is 345 g/mol. The molecule has 0 aromatic heterocycles. The van der Waals surface area contributed by atoms with Gasteiger partial charge in [0.1, 0.15) is 0 Å². The Bertz CT molecular complexity index is 603. The average Bonchev–Trinajstić information content (AvgIpc) is 2.72. The first kappa shape index (κ1) is 18.8. The van der Waals surface area contributed by atoms with Crippen LogP contribution in [-0.2, 0) is 11.3 Å². The fourth-order valence-corrected chi connectivity index (χ4v) is 3.32. The average molecular weight is 346 g/mol. The Morgan fingerprint density at radius 2 is 1.92 bits per heavy atom. The van der Waals surface area contributed by atoms with Crippen LogP contribution in [0.4, 0.5) is 0 Å². The predicted molar refractivity (Wildman–Crippen MR) is 102 cm³/mol. The number of carbonyl (C=O) groups is 1. The van der Waals surface area contributed by atoms with Gasteiger partial charge in [-0.05, 0) is 42.4 Å². The lowest BCUT2D eigenvalue weighted by Crippen LogP contribution is -2.31. The van der Waals surface area contributed by atoms with E-state index in [0.717, 1.165) is 23.6 Å². The molecule has 1 aliphatic rings. The van der Waals surface area contributed by atoms with Gasteiger partial charge in [-0.25, -0.2) is 0 Å². The fraction of sp³-hybridized carbons (Fsp3) is 0.476. The third kappa shape index (κ3) is 5.83. The Morgan fingerprint density at radius 3 is 2.58 bits per heavy atom. The van der Waals surface area contributed by atoms with Crippen molar-refractivity contribution >= 4 is 17.5 Å². The van der Waals surface area contributed by atoms with Gasteiger partial charge in [0, 0.05) is 24.5 Å². The molecule has 2 nitrogen and oxygen atoms in total. The summed E-state index contributed by atoms with van der Waals surface area (Å²) < 4.78 is 0. The first-order valence-electron chi connectivity index (χ1n) is 8.89. The van der Waals surface area contributed by atoms with E-state index in [0.29, 0.717) is 24.8 Å². The van der Waals surface area contributed by atoms with Gasteiger partial charge in [0.25, 0.3) is 0 Å². The lowest BCUT2D eigenvalue weighted by molar-refractivity contribution is -0.131. The molecule has 0 heterocycles. The van der Waals surface area contributed by atoms with E-state index in [1.54, 1.807) is 0 Å². The van der Waals surface area contributed by atoms with Crippen LogP contribution in [0.2, 0.25) is 5.02 Å². The number of hydrogen-bond acceptors (Lipinski definition) is 1. The Balaban J connectivity index is 2.02. The summed E-state index contributed by atoms with van der Waals surface area (Å²) in [5.74, 6) is 1.41. The Labute approximate surface area is 151 Å². The molecule has 0 bridgehead atoms. The second-order valence-corrected chi connectivity index (χ2v) is 7.27. The zero-order chi connectivity index (χ0) is 17.5. The summed E-state index contributed by atoms with van der Waals surface area (Å²) in [6.45, 7) is 7.86. The van der Waals surface area contributed by atoms with E-state index in [1.165, 1.54) is 12.0 Å². The van der Waals surface area contributed by atoms with Gasteiger partial charge in [0.05, 0.1) is 0 Å². The van der Waals surface area contributed by atoms with E-state index in [4.69, 9.17) is 11.6 Å². The second-order valence-electron chi connectivity index (χ2n) is 6.84. The zero-order valence-electron chi connectivity index (χ0n) is 15.0. The molecule has 0 radical (unpaired) electrons. The third-order valence-corrected chi connectivity index (χ3v) is 4.75. The molecule has 3 heteroatoms. The number of allylic oxidation sites excluding steroid dienone is 3. The van der Waals surface area contributed by atoms with Crippen molar-refractivity contribution in [3.05, 3.63) is 58.7 Å². The van der Waals surface area contributed by atoms with Gasteiger partial charge in [-0.2, -0.15) is 0 Å². The minimum Gasteiger partial charge on any atom is -0.338 e. The summed E-state index contributed by atoms with van der Waals surface area (Å²) in [4.78, 5) is 14.3. The van der Waals surface area contributed by atoms with E-state index in [1.807, 2.05) is 36.1 Å². The topological polar surface area (TPSA) is 20.3 Å². The lowest BCUT2D eigenvalue weighted by atomic mass is 9.98. The molecule has 24 heavy (non-hydrogen) atoms. The highest BCUT2D eigenvalue weighted by Crippen LogP contribution is 2.23. The van der Waals surface area contributed by atoms with Gasteiger partial charge in [-0.1, -0.05) is 68.3 Å². The maximum Gasteiger partial charge on any atom is 0.222 e. The number of hydrogen-bond donors (Lipinski definition) is 0. The molecule has 0 N–H and O–H groups in total. The highest BCUT2D eigenvalue weighted by Gasteiger charge is 2.14. The lowest BCUT2D eigenvalue weighted by Gasteiger charge is -2.23. The summed E-state index contributed by atoms with van der Waals surface area (Å²) in [6, 6.07) is 7.75. The second kappa shape index (κ2) is 9.08. The molecule has 0 spiro atoms. The fourth-order valence-electron chi connectivity index (χ4n) is 3.20. The van der Waals surface area contributed by atoms with Crippen LogP contribution in [0.5, 0.6) is 0 Å². The molecule has 0 fully saturated rings. The van der Waals surface area contributed by atoms with E-state index in [2.05, 4.69) is 32.1 Å². The molecule has 1 aliphatic carbocycles. The molecular weight excluding hydrogens is 318 g/mol. The van der Waals surface area contributed by atoms with E-state index in [9.17, 15) is 4.79 Å². The number of nitrogens with zero attached hydrogens (tertiary/aromatic N) is 1. The predicted octanol–water partition coefficient (Wildman–Crippen LogP) is 5.63. The summed E-state index contributed by atoms with van der Waals surface area (Å²) >= 11 is 5.95. The molecule has 2 atom stereocenters. The van der Waals surface area contributed by atoms with E-state index in [-0.39, 0.29) is 5.91 Å². The number of amides is 1. The van der Waals surface area contributed by atoms with Crippen LogP contribution in [0.25, 0.3) is 0 Å². The van der Waals surface area contributed by atoms with Gasteiger partial charge in [0.15, 0.2) is 0 Å². The van der Waals surface area contributed by atoms with Crippen molar-refractivity contribution in [1.29, 1.82) is 0 Å². The quantitative estimate of drug-likeness (QED) is 0.654. The van der Waals surface area contributed by atoms with Crippen molar-refractivity contribution in [2.75, 3.05) is 6.54 Å². The molecule has 1 aromatic rings. The summed E-state index contributed by atoms with van der Waals surface area (Å²) in [6.07, 6.45) is 9.54. The zero-order valence-corrected chi connectivity index (χ0v) is 15.7. The minimum atomic E-state index is 0.199. The van der Waals surface area contributed by atoms with Crippen LogP contribution in [0.1, 0.15) is 45.6 Å². The van der Waals surface area contributed by atoms with E-state index >= 15 is 0 Å². The summed E-state index contributed by atoms with van der Waals surface area (Å²) in [5, 5.41) is 0.726. The molecule has 2 rings (SSSR count). The van der Waals surface area contributed by atoms with Gasteiger partial charge in [-0.15, -0.1) is 0 Å². The minimum absolute atomic E-state index is 0.199. The van der Waals surface area contributed by atoms with Crippen LogP contribution in [0.15, 0.2) is 48.1 Å². The van der Waals surface area contributed by atoms with Gasteiger partial charge >= 0.3 is 0 Å². The standard InChI is InChI=1S/C21H28ClNO/c1-4-21(24)23(15-19-7-9-20(22)10-8-19)12-11-18-6-5-16(2)13-17(3)14-18/h5-10,14,16-17H,4,11-13,15H2,1-3H3. The van der Waals surface area contributed by atoms with Crippen LogP contribution in [0.3, 0.4) is 0 Å².